The lowest BCUT2D eigenvalue weighted by molar-refractivity contribution is 0.0527. The van der Waals surface area contributed by atoms with Crippen molar-refractivity contribution in [3.05, 3.63) is 59.7 Å². The summed E-state index contributed by atoms with van der Waals surface area (Å²) in [7, 11) is -3.68. The molecule has 0 aliphatic heterocycles. The maximum absolute atomic E-state index is 12.6. The number of rotatable bonds is 8. The highest BCUT2D eigenvalue weighted by Gasteiger charge is 2.18. The van der Waals surface area contributed by atoms with Crippen LogP contribution in [0.3, 0.4) is 0 Å². The molecular weight excluding hydrogens is 368 g/mol. The van der Waals surface area contributed by atoms with Crippen molar-refractivity contribution in [3.8, 4) is 0 Å². The summed E-state index contributed by atoms with van der Waals surface area (Å²) in [5.41, 5.74) is 0.674. The number of nitrogens with one attached hydrogen (secondary N) is 2. The molecule has 0 aliphatic carbocycles. The lowest BCUT2D eigenvalue weighted by atomic mass is 10.1. The predicted octanol–water partition coefficient (Wildman–Crippen LogP) is 2.80. The third kappa shape index (κ3) is 5.38. The Hall–Kier alpha value is -2.71. The minimum atomic E-state index is -3.68. The van der Waals surface area contributed by atoms with E-state index >= 15 is 0 Å². The predicted molar refractivity (Wildman–Crippen MR) is 102 cm³/mol. The summed E-state index contributed by atoms with van der Waals surface area (Å²) in [6.45, 7) is 4.07. The van der Waals surface area contributed by atoms with Gasteiger partial charge in [0.25, 0.3) is 5.91 Å². The van der Waals surface area contributed by atoms with Crippen LogP contribution in [0.1, 0.15) is 41.0 Å². The molecule has 0 saturated carbocycles. The average Bonchev–Trinajstić information content (AvgIpc) is 2.67. The van der Waals surface area contributed by atoms with Crippen LogP contribution in [0.25, 0.3) is 0 Å². The first-order valence-electron chi connectivity index (χ1n) is 8.56. The molecule has 0 heterocycles. The van der Waals surface area contributed by atoms with Crippen molar-refractivity contribution < 1.29 is 22.7 Å². The molecule has 0 saturated heterocycles. The first-order valence-corrected chi connectivity index (χ1v) is 10.0. The zero-order chi connectivity index (χ0) is 19.9. The third-order valence-electron chi connectivity index (χ3n) is 3.62. The average molecular weight is 390 g/mol. The van der Waals surface area contributed by atoms with Crippen LogP contribution in [0.2, 0.25) is 0 Å². The molecule has 2 aromatic carbocycles. The van der Waals surface area contributed by atoms with Gasteiger partial charge < -0.3 is 10.1 Å². The number of carbonyl (C=O) groups is 2. The molecule has 8 heteroatoms. The van der Waals surface area contributed by atoms with Crippen molar-refractivity contribution >= 4 is 27.6 Å². The zero-order valence-corrected chi connectivity index (χ0v) is 16.0. The van der Waals surface area contributed by atoms with Gasteiger partial charge >= 0.3 is 5.97 Å². The van der Waals surface area contributed by atoms with Crippen LogP contribution in [0.4, 0.5) is 5.69 Å². The molecule has 0 spiro atoms. The summed E-state index contributed by atoms with van der Waals surface area (Å²) in [6, 6.07) is 12.2. The summed E-state index contributed by atoms with van der Waals surface area (Å²) < 4.78 is 31.9. The first kappa shape index (κ1) is 20.6. The van der Waals surface area contributed by atoms with E-state index in [-0.39, 0.29) is 22.6 Å². The van der Waals surface area contributed by atoms with Gasteiger partial charge in [-0.25, -0.2) is 17.9 Å². The number of benzene rings is 2. The van der Waals surface area contributed by atoms with E-state index in [9.17, 15) is 18.0 Å². The Labute approximate surface area is 158 Å². The second-order valence-corrected chi connectivity index (χ2v) is 7.41. The Morgan fingerprint density at radius 2 is 1.78 bits per heavy atom. The number of anilines is 1. The van der Waals surface area contributed by atoms with Gasteiger partial charge in [-0.1, -0.05) is 25.1 Å². The highest BCUT2D eigenvalue weighted by Crippen LogP contribution is 2.18. The fraction of sp³-hybridized carbons (Fsp3) is 0.263. The van der Waals surface area contributed by atoms with E-state index < -0.39 is 21.9 Å². The number of esters is 1. The molecular formula is C19H22N2O5S. The smallest absolute Gasteiger partial charge is 0.340 e. The van der Waals surface area contributed by atoms with Crippen LogP contribution in [0.15, 0.2) is 53.4 Å². The third-order valence-corrected chi connectivity index (χ3v) is 5.08. The number of hydrogen-bond donors (Lipinski definition) is 2. The van der Waals surface area contributed by atoms with Gasteiger partial charge in [0.05, 0.1) is 22.8 Å². The molecule has 144 valence electrons. The van der Waals surface area contributed by atoms with Crippen LogP contribution in [0.5, 0.6) is 0 Å². The van der Waals surface area contributed by atoms with Gasteiger partial charge in [0.15, 0.2) is 0 Å². The zero-order valence-electron chi connectivity index (χ0n) is 15.2. The number of para-hydroxylation sites is 1. The minimum absolute atomic E-state index is 0.00211. The molecule has 2 N–H and O–H groups in total. The number of ether oxygens (including phenoxy) is 1. The Kier molecular flexibility index (Phi) is 7.09. The highest BCUT2D eigenvalue weighted by atomic mass is 32.2. The normalized spacial score (nSPS) is 11.0. The van der Waals surface area contributed by atoms with Crippen molar-refractivity contribution in [3.63, 3.8) is 0 Å². The van der Waals surface area contributed by atoms with E-state index in [1.165, 1.54) is 24.3 Å². The van der Waals surface area contributed by atoms with E-state index in [1.54, 1.807) is 31.2 Å². The molecule has 7 nitrogen and oxygen atoms in total. The Bertz CT molecular complexity index is 925. The minimum Gasteiger partial charge on any atom is -0.462 e. The largest absolute Gasteiger partial charge is 0.462 e. The SMILES string of the molecule is CCCNS(=O)(=O)c1cccc(C(=O)Nc2ccccc2C(=O)OCC)c1. The van der Waals surface area contributed by atoms with Crippen LogP contribution in [0, 0.1) is 0 Å². The van der Waals surface area contributed by atoms with Crippen molar-refractivity contribution in [2.24, 2.45) is 0 Å². The number of sulfonamides is 1. The second-order valence-electron chi connectivity index (χ2n) is 5.65. The van der Waals surface area contributed by atoms with E-state index in [4.69, 9.17) is 4.74 Å². The van der Waals surface area contributed by atoms with Gasteiger partial charge in [0.1, 0.15) is 0 Å². The van der Waals surface area contributed by atoms with Crippen LogP contribution >= 0.6 is 0 Å². The summed E-state index contributed by atoms with van der Waals surface area (Å²) >= 11 is 0. The van der Waals surface area contributed by atoms with Gasteiger partial charge in [0.2, 0.25) is 10.0 Å². The summed E-state index contributed by atoms with van der Waals surface area (Å²) in [4.78, 5) is 24.6. The second kappa shape index (κ2) is 9.29. The van der Waals surface area contributed by atoms with Crippen molar-refractivity contribution in [2.75, 3.05) is 18.5 Å². The molecule has 27 heavy (non-hydrogen) atoms. The van der Waals surface area contributed by atoms with Crippen LogP contribution < -0.4 is 10.0 Å². The van der Waals surface area contributed by atoms with E-state index in [1.807, 2.05) is 6.92 Å². The van der Waals surface area contributed by atoms with E-state index in [0.717, 1.165) is 0 Å². The fourth-order valence-corrected chi connectivity index (χ4v) is 3.48. The van der Waals surface area contributed by atoms with Gasteiger partial charge in [-0.3, -0.25) is 4.79 Å². The van der Waals surface area contributed by atoms with Gasteiger partial charge in [-0.05, 0) is 43.7 Å². The molecule has 0 bridgehead atoms. The molecule has 0 radical (unpaired) electrons. The lowest BCUT2D eigenvalue weighted by Gasteiger charge is -2.11. The molecule has 0 aliphatic rings. The first-order chi connectivity index (χ1) is 12.9. The summed E-state index contributed by atoms with van der Waals surface area (Å²) in [6.07, 6.45) is 0.657. The Morgan fingerprint density at radius 1 is 1.04 bits per heavy atom. The summed E-state index contributed by atoms with van der Waals surface area (Å²) in [5, 5.41) is 2.63. The van der Waals surface area contributed by atoms with Crippen molar-refractivity contribution in [1.29, 1.82) is 0 Å². The Morgan fingerprint density at radius 3 is 2.48 bits per heavy atom. The standard InChI is InChI=1S/C19H22N2O5S/c1-3-12-20-27(24,25)15-9-7-8-14(13-15)18(22)21-17-11-6-5-10-16(17)19(23)26-4-2/h5-11,13,20H,3-4,12H2,1-2H3,(H,21,22). The number of carbonyl (C=O) groups excluding carboxylic acids is 2. The number of hydrogen-bond acceptors (Lipinski definition) is 5. The maximum Gasteiger partial charge on any atom is 0.340 e. The molecule has 2 rings (SSSR count). The van der Waals surface area contributed by atoms with E-state index in [2.05, 4.69) is 10.0 Å². The van der Waals surface area contributed by atoms with Crippen LogP contribution in [-0.2, 0) is 14.8 Å². The van der Waals surface area contributed by atoms with Crippen LogP contribution in [-0.4, -0.2) is 33.4 Å². The van der Waals surface area contributed by atoms with Gasteiger partial charge in [-0.2, -0.15) is 0 Å². The number of amides is 1. The molecule has 0 unspecified atom stereocenters. The lowest BCUT2D eigenvalue weighted by Crippen LogP contribution is -2.25. The molecule has 0 atom stereocenters. The fourth-order valence-electron chi connectivity index (χ4n) is 2.30. The maximum atomic E-state index is 12.6. The molecule has 0 fully saturated rings. The highest BCUT2D eigenvalue weighted by molar-refractivity contribution is 7.89. The quantitative estimate of drug-likeness (QED) is 0.675. The van der Waals surface area contributed by atoms with Gasteiger partial charge in [0, 0.05) is 12.1 Å². The Balaban J connectivity index is 2.25. The molecule has 0 aromatic heterocycles. The molecule has 2 aromatic rings. The van der Waals surface area contributed by atoms with Crippen molar-refractivity contribution in [2.45, 2.75) is 25.2 Å². The van der Waals surface area contributed by atoms with E-state index in [0.29, 0.717) is 18.7 Å². The summed E-state index contributed by atoms with van der Waals surface area (Å²) in [5.74, 6) is -1.08. The monoisotopic (exact) mass is 390 g/mol. The van der Waals surface area contributed by atoms with Crippen molar-refractivity contribution in [1.82, 2.24) is 4.72 Å². The molecule has 1 amide bonds. The topological polar surface area (TPSA) is 102 Å². The van der Waals surface area contributed by atoms with Gasteiger partial charge in [-0.15, -0.1) is 0 Å².